The van der Waals surface area contributed by atoms with Gasteiger partial charge in [0.15, 0.2) is 0 Å². The van der Waals surface area contributed by atoms with E-state index in [1.807, 2.05) is 31.2 Å². The minimum absolute atomic E-state index is 0. The number of para-hydroxylation sites is 1. The van der Waals surface area contributed by atoms with Gasteiger partial charge in [-0.3, -0.25) is 4.79 Å². The summed E-state index contributed by atoms with van der Waals surface area (Å²) in [7, 11) is 1.66. The molecule has 1 amide bonds. The molecule has 2 bridgehead atoms. The number of carbonyl (C=O) groups is 1. The molecule has 24 heavy (non-hydrogen) atoms. The van der Waals surface area contributed by atoms with Crippen LogP contribution < -0.4 is 15.8 Å². The number of hydrogen-bond acceptors (Lipinski definition) is 3. The second-order valence-corrected chi connectivity index (χ2v) is 7.17. The summed E-state index contributed by atoms with van der Waals surface area (Å²) in [6.45, 7) is 2.02. The lowest BCUT2D eigenvalue weighted by molar-refractivity contribution is -0.128. The van der Waals surface area contributed by atoms with Crippen LogP contribution in [0.15, 0.2) is 24.3 Å². The van der Waals surface area contributed by atoms with Gasteiger partial charge in [0.2, 0.25) is 5.91 Å². The molecular formula is C19H29ClN2O2. The number of benzene rings is 1. The second-order valence-electron chi connectivity index (χ2n) is 7.17. The number of rotatable bonds is 4. The Morgan fingerprint density at radius 1 is 1.25 bits per heavy atom. The van der Waals surface area contributed by atoms with Crippen LogP contribution in [0.4, 0.5) is 0 Å². The van der Waals surface area contributed by atoms with Gasteiger partial charge in [-0.2, -0.15) is 0 Å². The van der Waals surface area contributed by atoms with Crippen LogP contribution in [0.25, 0.3) is 0 Å². The Kier molecular flexibility index (Phi) is 6.53. The molecule has 2 aliphatic rings. The molecule has 3 atom stereocenters. The van der Waals surface area contributed by atoms with Crippen LogP contribution in [0.3, 0.4) is 0 Å². The molecule has 134 valence electrons. The van der Waals surface area contributed by atoms with Crippen molar-refractivity contribution in [3.63, 3.8) is 0 Å². The number of ether oxygens (including phenoxy) is 1. The van der Waals surface area contributed by atoms with Crippen LogP contribution in [-0.4, -0.2) is 19.1 Å². The van der Waals surface area contributed by atoms with E-state index in [1.165, 1.54) is 19.3 Å². The molecule has 1 aromatic rings. The van der Waals surface area contributed by atoms with Crippen molar-refractivity contribution in [3.05, 3.63) is 29.8 Å². The zero-order valence-corrected chi connectivity index (χ0v) is 15.4. The maximum Gasteiger partial charge on any atom is 0.223 e. The fourth-order valence-corrected chi connectivity index (χ4v) is 4.44. The molecule has 0 radical (unpaired) electrons. The van der Waals surface area contributed by atoms with E-state index < -0.39 is 0 Å². The third-order valence-corrected chi connectivity index (χ3v) is 5.75. The average Bonchev–Trinajstić information content (AvgIpc) is 2.54. The summed E-state index contributed by atoms with van der Waals surface area (Å²) in [6.07, 6.45) is 5.53. The molecule has 1 aromatic carbocycles. The van der Waals surface area contributed by atoms with E-state index in [1.54, 1.807) is 7.11 Å². The zero-order valence-electron chi connectivity index (χ0n) is 14.5. The third kappa shape index (κ3) is 3.86. The van der Waals surface area contributed by atoms with E-state index in [0.717, 1.165) is 24.2 Å². The highest BCUT2D eigenvalue weighted by Crippen LogP contribution is 2.42. The van der Waals surface area contributed by atoms with Crippen molar-refractivity contribution >= 4 is 18.3 Å². The van der Waals surface area contributed by atoms with Crippen molar-refractivity contribution < 1.29 is 9.53 Å². The minimum atomic E-state index is -0.0471. The maximum atomic E-state index is 12.7. The molecule has 0 saturated heterocycles. The quantitative estimate of drug-likeness (QED) is 0.872. The van der Waals surface area contributed by atoms with E-state index in [9.17, 15) is 4.79 Å². The number of nitrogens with two attached hydrogens (primary N) is 1. The van der Waals surface area contributed by atoms with Gasteiger partial charge in [-0.1, -0.05) is 24.6 Å². The van der Waals surface area contributed by atoms with Crippen molar-refractivity contribution in [3.8, 4) is 5.75 Å². The van der Waals surface area contributed by atoms with Gasteiger partial charge in [-0.05, 0) is 50.5 Å². The fourth-order valence-electron chi connectivity index (χ4n) is 4.44. The Bertz CT molecular complexity index is 552. The van der Waals surface area contributed by atoms with E-state index in [0.29, 0.717) is 17.9 Å². The molecule has 5 heteroatoms. The van der Waals surface area contributed by atoms with E-state index >= 15 is 0 Å². The first-order chi connectivity index (χ1) is 11.1. The fraction of sp³-hybridized carbons (Fsp3) is 0.632. The van der Waals surface area contributed by atoms with Crippen LogP contribution in [0.5, 0.6) is 5.75 Å². The molecule has 2 fully saturated rings. The molecule has 0 aliphatic heterocycles. The number of halogens is 1. The molecule has 0 heterocycles. The van der Waals surface area contributed by atoms with Crippen LogP contribution in [0.2, 0.25) is 0 Å². The molecule has 3 rings (SSSR count). The lowest BCUT2D eigenvalue weighted by Crippen LogP contribution is -2.49. The average molecular weight is 353 g/mol. The molecule has 2 saturated carbocycles. The highest BCUT2D eigenvalue weighted by Gasteiger charge is 2.40. The number of nitrogens with one attached hydrogen (secondary N) is 1. The zero-order chi connectivity index (χ0) is 16.4. The van der Waals surface area contributed by atoms with Gasteiger partial charge in [-0.25, -0.2) is 0 Å². The van der Waals surface area contributed by atoms with Gasteiger partial charge in [0.05, 0.1) is 13.2 Å². The predicted octanol–water partition coefficient (Wildman–Crippen LogP) is 3.45. The van der Waals surface area contributed by atoms with Crippen LogP contribution in [-0.2, 0) is 4.79 Å². The maximum absolute atomic E-state index is 12.7. The summed E-state index contributed by atoms with van der Waals surface area (Å²) in [6, 6.07) is 8.12. The van der Waals surface area contributed by atoms with E-state index in [2.05, 4.69) is 5.32 Å². The first-order valence-corrected chi connectivity index (χ1v) is 8.79. The molecule has 4 nitrogen and oxygen atoms in total. The summed E-state index contributed by atoms with van der Waals surface area (Å²) < 4.78 is 5.40. The van der Waals surface area contributed by atoms with Crippen LogP contribution in [0.1, 0.15) is 50.6 Å². The molecule has 3 unspecified atom stereocenters. The van der Waals surface area contributed by atoms with Gasteiger partial charge in [0.25, 0.3) is 0 Å². The number of amides is 1. The van der Waals surface area contributed by atoms with Gasteiger partial charge >= 0.3 is 0 Å². The van der Waals surface area contributed by atoms with E-state index in [-0.39, 0.29) is 30.3 Å². The monoisotopic (exact) mass is 352 g/mol. The van der Waals surface area contributed by atoms with Crippen molar-refractivity contribution in [1.29, 1.82) is 0 Å². The van der Waals surface area contributed by atoms with Crippen molar-refractivity contribution in [2.24, 2.45) is 23.5 Å². The van der Waals surface area contributed by atoms with Crippen molar-refractivity contribution in [2.45, 2.75) is 51.1 Å². The highest BCUT2D eigenvalue weighted by molar-refractivity contribution is 5.85. The number of hydrogen-bond donors (Lipinski definition) is 2. The summed E-state index contributed by atoms with van der Waals surface area (Å²) in [5.74, 6) is 2.16. The molecule has 0 spiro atoms. The second kappa shape index (κ2) is 8.21. The molecule has 0 aromatic heterocycles. The van der Waals surface area contributed by atoms with Crippen LogP contribution in [0, 0.1) is 17.8 Å². The normalized spacial score (nSPS) is 30.0. The summed E-state index contributed by atoms with van der Waals surface area (Å²) >= 11 is 0. The summed E-state index contributed by atoms with van der Waals surface area (Å²) in [5, 5.41) is 3.18. The number of carbonyl (C=O) groups excluding carboxylic acids is 1. The van der Waals surface area contributed by atoms with Crippen LogP contribution >= 0.6 is 12.4 Å². The SMILES string of the molecule is COc1ccccc1C(C)NC(=O)C1CC2CCCC(C1)C2N.Cl. The largest absolute Gasteiger partial charge is 0.496 e. The minimum Gasteiger partial charge on any atom is -0.496 e. The van der Waals surface area contributed by atoms with Gasteiger partial charge in [-0.15, -0.1) is 12.4 Å². The first-order valence-electron chi connectivity index (χ1n) is 8.79. The Labute approximate surface area is 150 Å². The smallest absolute Gasteiger partial charge is 0.223 e. The van der Waals surface area contributed by atoms with Gasteiger partial charge in [0.1, 0.15) is 5.75 Å². The predicted molar refractivity (Wildman–Crippen MR) is 98.3 cm³/mol. The van der Waals surface area contributed by atoms with E-state index in [4.69, 9.17) is 10.5 Å². The first kappa shape index (κ1) is 19.1. The molecule has 3 N–H and O–H groups in total. The Balaban J connectivity index is 0.00000208. The number of methoxy groups -OCH3 is 1. The molecular weight excluding hydrogens is 324 g/mol. The Morgan fingerprint density at radius 2 is 1.88 bits per heavy atom. The Morgan fingerprint density at radius 3 is 2.50 bits per heavy atom. The standard InChI is InChI=1S/C19H28N2O2.ClH/c1-12(16-8-3-4-9-17(16)23-2)21-19(22)15-10-13-6-5-7-14(11-15)18(13)20;/h3-4,8-9,12-15,18H,5-7,10-11,20H2,1-2H3,(H,21,22);1H. The van der Waals surface area contributed by atoms with Gasteiger partial charge in [0, 0.05) is 17.5 Å². The number of fused-ring (bicyclic) bond motifs is 2. The topological polar surface area (TPSA) is 64.3 Å². The summed E-state index contributed by atoms with van der Waals surface area (Å²) in [5.41, 5.74) is 7.35. The Hall–Kier alpha value is -1.26. The molecule has 2 aliphatic carbocycles. The van der Waals surface area contributed by atoms with Crippen molar-refractivity contribution in [2.75, 3.05) is 7.11 Å². The highest BCUT2D eigenvalue weighted by atomic mass is 35.5. The third-order valence-electron chi connectivity index (χ3n) is 5.75. The lowest BCUT2D eigenvalue weighted by atomic mass is 9.65. The van der Waals surface area contributed by atoms with Gasteiger partial charge < -0.3 is 15.8 Å². The summed E-state index contributed by atoms with van der Waals surface area (Å²) in [4.78, 5) is 12.7. The lowest BCUT2D eigenvalue weighted by Gasteiger charge is -2.43. The van der Waals surface area contributed by atoms with Crippen molar-refractivity contribution in [1.82, 2.24) is 5.32 Å².